The summed E-state index contributed by atoms with van der Waals surface area (Å²) in [5, 5.41) is 12.1. The van der Waals surface area contributed by atoms with Crippen molar-refractivity contribution >= 4 is 40.7 Å². The van der Waals surface area contributed by atoms with Crippen LogP contribution >= 0.6 is 11.6 Å². The summed E-state index contributed by atoms with van der Waals surface area (Å²) >= 11 is 6.05. The molecule has 0 radical (unpaired) electrons. The van der Waals surface area contributed by atoms with Crippen molar-refractivity contribution in [3.8, 4) is 0 Å². The van der Waals surface area contributed by atoms with Gasteiger partial charge in [0.15, 0.2) is 0 Å². The van der Waals surface area contributed by atoms with Crippen molar-refractivity contribution in [2.24, 2.45) is 0 Å². The Kier molecular flexibility index (Phi) is 5.90. The molecule has 0 bridgehead atoms. The third-order valence-electron chi connectivity index (χ3n) is 4.94. The number of benzene rings is 2. The first-order chi connectivity index (χ1) is 14.5. The molecule has 156 valence electrons. The Hall–Kier alpha value is -3.06. The zero-order valence-electron chi connectivity index (χ0n) is 16.3. The molecule has 2 aliphatic rings. The predicted molar refractivity (Wildman–Crippen MR) is 116 cm³/mol. The summed E-state index contributed by atoms with van der Waals surface area (Å²) in [7, 11) is 0. The van der Waals surface area contributed by atoms with Gasteiger partial charge < -0.3 is 21.3 Å². The van der Waals surface area contributed by atoms with Crippen LogP contribution in [0, 0.1) is 0 Å². The predicted octanol–water partition coefficient (Wildman–Crippen LogP) is 3.18. The molecule has 0 atom stereocenters. The summed E-state index contributed by atoms with van der Waals surface area (Å²) in [6.45, 7) is -0.0656. The summed E-state index contributed by atoms with van der Waals surface area (Å²) < 4.78 is 0. The zero-order valence-corrected chi connectivity index (χ0v) is 17.1. The Balaban J connectivity index is 1.40. The van der Waals surface area contributed by atoms with Crippen LogP contribution in [0.3, 0.4) is 0 Å². The molecule has 8 heteroatoms. The Morgan fingerprint density at radius 1 is 0.833 bits per heavy atom. The second kappa shape index (κ2) is 8.75. The fraction of sp³-hybridized carbons (Fsp3) is 0.318. The highest BCUT2D eigenvalue weighted by Crippen LogP contribution is 2.24. The number of hydrogen-bond acceptors (Lipinski definition) is 4. The van der Waals surface area contributed by atoms with Gasteiger partial charge >= 0.3 is 0 Å². The van der Waals surface area contributed by atoms with E-state index in [-0.39, 0.29) is 36.3 Å². The minimum absolute atomic E-state index is 0.0656. The molecule has 0 aliphatic heterocycles. The minimum atomic E-state index is -0.329. The number of amides is 3. The maximum Gasteiger partial charge on any atom is 0.253 e. The first-order valence-electron chi connectivity index (χ1n) is 10.0. The summed E-state index contributed by atoms with van der Waals surface area (Å²) in [6.07, 6.45) is 3.93. The normalized spacial score (nSPS) is 15.2. The smallest absolute Gasteiger partial charge is 0.253 e. The molecule has 0 aromatic heterocycles. The number of hydrogen-bond donors (Lipinski definition) is 4. The molecule has 4 N–H and O–H groups in total. The van der Waals surface area contributed by atoms with E-state index in [1.165, 1.54) is 0 Å². The lowest BCUT2D eigenvalue weighted by Gasteiger charge is -2.14. The van der Waals surface area contributed by atoms with Gasteiger partial charge in [0.25, 0.3) is 11.8 Å². The van der Waals surface area contributed by atoms with Gasteiger partial charge in [-0.05, 0) is 56.0 Å². The lowest BCUT2D eigenvalue weighted by molar-refractivity contribution is -0.114. The molecule has 0 heterocycles. The largest absolute Gasteiger partial charge is 0.375 e. The van der Waals surface area contributed by atoms with E-state index in [0.717, 1.165) is 25.7 Å². The van der Waals surface area contributed by atoms with Crippen molar-refractivity contribution in [2.45, 2.75) is 37.8 Å². The molecule has 3 amide bonds. The molecule has 30 heavy (non-hydrogen) atoms. The van der Waals surface area contributed by atoms with E-state index in [9.17, 15) is 14.4 Å². The number of halogens is 1. The first kappa shape index (κ1) is 20.2. The molecule has 0 spiro atoms. The standard InChI is InChI=1S/C22H23ClN4O3/c23-13-5-10-18(17(11-13)22(30)26-15-8-9-15)24-12-20(28)27-19-4-2-1-3-16(19)21(29)25-14-6-7-14/h1-5,10-11,14-15,24H,6-9,12H2,(H,25,29)(H,26,30)(H,27,28). The number of carbonyl (C=O) groups is 3. The summed E-state index contributed by atoms with van der Waals surface area (Å²) in [6, 6.07) is 12.2. The molecule has 2 aromatic carbocycles. The number of rotatable bonds is 8. The van der Waals surface area contributed by atoms with Gasteiger partial charge in [-0.3, -0.25) is 14.4 Å². The Labute approximate surface area is 179 Å². The molecular weight excluding hydrogens is 404 g/mol. The van der Waals surface area contributed by atoms with Gasteiger partial charge in [0.1, 0.15) is 0 Å². The molecular formula is C22H23ClN4O3. The number of nitrogens with one attached hydrogen (secondary N) is 4. The highest BCUT2D eigenvalue weighted by Gasteiger charge is 2.26. The summed E-state index contributed by atoms with van der Waals surface area (Å²) in [5.74, 6) is -0.742. The fourth-order valence-electron chi connectivity index (χ4n) is 3.00. The Bertz CT molecular complexity index is 986. The van der Waals surface area contributed by atoms with Gasteiger partial charge in [0.05, 0.1) is 23.4 Å². The van der Waals surface area contributed by atoms with Crippen molar-refractivity contribution in [3.05, 3.63) is 58.6 Å². The molecule has 2 aromatic rings. The summed E-state index contributed by atoms with van der Waals surface area (Å²) in [5.41, 5.74) is 1.79. The Morgan fingerprint density at radius 3 is 2.13 bits per heavy atom. The van der Waals surface area contributed by atoms with E-state index >= 15 is 0 Å². The highest BCUT2D eigenvalue weighted by atomic mass is 35.5. The van der Waals surface area contributed by atoms with Crippen LogP contribution in [0.15, 0.2) is 42.5 Å². The average molecular weight is 427 g/mol. The molecule has 4 rings (SSSR count). The van der Waals surface area contributed by atoms with Crippen LogP contribution in [0.5, 0.6) is 0 Å². The van der Waals surface area contributed by atoms with Gasteiger partial charge in [0.2, 0.25) is 5.91 Å². The van der Waals surface area contributed by atoms with Gasteiger partial charge in [0, 0.05) is 22.8 Å². The Morgan fingerprint density at radius 2 is 1.47 bits per heavy atom. The van der Waals surface area contributed by atoms with Crippen LogP contribution in [0.4, 0.5) is 11.4 Å². The number of anilines is 2. The SMILES string of the molecule is O=C(CNc1ccc(Cl)cc1C(=O)NC1CC1)Nc1ccccc1C(=O)NC1CC1. The minimum Gasteiger partial charge on any atom is -0.375 e. The molecule has 2 fully saturated rings. The number of carbonyl (C=O) groups excluding carboxylic acids is 3. The highest BCUT2D eigenvalue weighted by molar-refractivity contribution is 6.31. The maximum absolute atomic E-state index is 12.5. The van der Waals surface area contributed by atoms with Crippen LogP contribution in [-0.4, -0.2) is 36.3 Å². The molecule has 0 saturated heterocycles. The molecule has 2 saturated carbocycles. The lowest BCUT2D eigenvalue weighted by atomic mass is 10.1. The third-order valence-corrected chi connectivity index (χ3v) is 5.17. The lowest BCUT2D eigenvalue weighted by Crippen LogP contribution is -2.29. The van der Waals surface area contributed by atoms with Crippen molar-refractivity contribution in [2.75, 3.05) is 17.2 Å². The maximum atomic E-state index is 12.5. The van der Waals surface area contributed by atoms with Crippen molar-refractivity contribution in [1.29, 1.82) is 0 Å². The van der Waals surface area contributed by atoms with Gasteiger partial charge in [-0.15, -0.1) is 0 Å². The van der Waals surface area contributed by atoms with Crippen molar-refractivity contribution in [3.63, 3.8) is 0 Å². The van der Waals surface area contributed by atoms with E-state index in [1.54, 1.807) is 42.5 Å². The van der Waals surface area contributed by atoms with E-state index in [2.05, 4.69) is 21.3 Å². The molecule has 2 aliphatic carbocycles. The van der Waals surface area contributed by atoms with E-state index in [4.69, 9.17) is 11.6 Å². The van der Waals surface area contributed by atoms with Crippen molar-refractivity contribution in [1.82, 2.24) is 10.6 Å². The molecule has 0 unspecified atom stereocenters. The quantitative estimate of drug-likeness (QED) is 0.521. The van der Waals surface area contributed by atoms with Crippen LogP contribution in [0.1, 0.15) is 46.4 Å². The number of para-hydroxylation sites is 1. The first-order valence-corrected chi connectivity index (χ1v) is 10.4. The van der Waals surface area contributed by atoms with Crippen LogP contribution in [0.2, 0.25) is 5.02 Å². The van der Waals surface area contributed by atoms with E-state index < -0.39 is 0 Å². The monoisotopic (exact) mass is 426 g/mol. The van der Waals surface area contributed by atoms with Gasteiger partial charge in [-0.2, -0.15) is 0 Å². The van der Waals surface area contributed by atoms with E-state index in [0.29, 0.717) is 27.5 Å². The van der Waals surface area contributed by atoms with Crippen LogP contribution in [0.25, 0.3) is 0 Å². The van der Waals surface area contributed by atoms with Gasteiger partial charge in [-0.1, -0.05) is 23.7 Å². The van der Waals surface area contributed by atoms with Crippen molar-refractivity contribution < 1.29 is 14.4 Å². The topological polar surface area (TPSA) is 99.3 Å². The third kappa shape index (κ3) is 5.30. The second-order valence-electron chi connectivity index (χ2n) is 7.63. The average Bonchev–Trinajstić information content (AvgIpc) is 3.64. The zero-order chi connectivity index (χ0) is 21.1. The van der Waals surface area contributed by atoms with Crippen LogP contribution < -0.4 is 21.3 Å². The molecule has 7 nitrogen and oxygen atoms in total. The van der Waals surface area contributed by atoms with E-state index in [1.807, 2.05) is 0 Å². The second-order valence-corrected chi connectivity index (χ2v) is 8.07. The summed E-state index contributed by atoms with van der Waals surface area (Å²) in [4.78, 5) is 37.3. The van der Waals surface area contributed by atoms with Crippen LogP contribution in [-0.2, 0) is 4.79 Å². The fourth-order valence-corrected chi connectivity index (χ4v) is 3.17. The van der Waals surface area contributed by atoms with Gasteiger partial charge in [-0.25, -0.2) is 0 Å².